The van der Waals surface area contributed by atoms with E-state index in [4.69, 9.17) is 9.47 Å². The van der Waals surface area contributed by atoms with Gasteiger partial charge in [0, 0.05) is 62.7 Å². The third-order valence-electron chi connectivity index (χ3n) is 9.92. The topological polar surface area (TPSA) is 54.9 Å². The van der Waals surface area contributed by atoms with E-state index in [1.165, 1.54) is 6.07 Å². The Balaban J connectivity index is 1.16. The van der Waals surface area contributed by atoms with E-state index < -0.39 is 17.2 Å². The number of alkyl halides is 3. The van der Waals surface area contributed by atoms with Crippen LogP contribution in [0, 0.1) is 11.3 Å². The zero-order chi connectivity index (χ0) is 27.9. The lowest BCUT2D eigenvalue weighted by Crippen LogP contribution is -2.47. The number of pyridine rings is 1. The van der Waals surface area contributed by atoms with Gasteiger partial charge in [0.1, 0.15) is 0 Å². The number of carbonyl (C=O) groups excluding carboxylic acids is 1. The van der Waals surface area contributed by atoms with E-state index in [1.54, 1.807) is 0 Å². The Kier molecular flexibility index (Phi) is 7.65. The molecule has 4 aliphatic rings. The molecule has 9 heteroatoms. The summed E-state index contributed by atoms with van der Waals surface area (Å²) in [5.41, 5.74) is 1.15. The van der Waals surface area contributed by atoms with Crippen molar-refractivity contribution in [1.29, 1.82) is 0 Å². The van der Waals surface area contributed by atoms with E-state index in [2.05, 4.69) is 28.9 Å². The Morgan fingerprint density at radius 1 is 1.15 bits per heavy atom. The largest absolute Gasteiger partial charge is 0.417 e. The number of amides is 1. The number of aromatic nitrogens is 1. The SMILES string of the molecule is CC1C2Cc3ncc(C(F)(F)F)cc3CN2C(=O)[C@]12CCC(N(CCOCc1ccccc1)C1CCOCC1)C2. The van der Waals surface area contributed by atoms with Crippen molar-refractivity contribution in [2.45, 2.75) is 82.9 Å². The quantitative estimate of drug-likeness (QED) is 0.436. The molecular weight excluding hydrogens is 519 g/mol. The van der Waals surface area contributed by atoms with Gasteiger partial charge in [-0.25, -0.2) is 0 Å². The lowest BCUT2D eigenvalue weighted by atomic mass is 9.73. The molecule has 1 spiro atoms. The fraction of sp³-hybridized carbons (Fsp3) is 0.613. The summed E-state index contributed by atoms with van der Waals surface area (Å²) >= 11 is 0. The number of hydrogen-bond acceptors (Lipinski definition) is 5. The van der Waals surface area contributed by atoms with Crippen molar-refractivity contribution < 1.29 is 27.4 Å². The maximum Gasteiger partial charge on any atom is 0.417 e. The van der Waals surface area contributed by atoms with E-state index in [-0.39, 0.29) is 30.5 Å². The van der Waals surface area contributed by atoms with Gasteiger partial charge in [-0.2, -0.15) is 13.2 Å². The second-order valence-corrected chi connectivity index (χ2v) is 12.0. The Hall–Kier alpha value is -2.49. The smallest absolute Gasteiger partial charge is 0.381 e. The van der Waals surface area contributed by atoms with E-state index >= 15 is 0 Å². The Labute approximate surface area is 233 Å². The number of fused-ring (bicyclic) bond motifs is 2. The van der Waals surface area contributed by atoms with Gasteiger partial charge in [0.2, 0.25) is 5.91 Å². The van der Waals surface area contributed by atoms with Crippen LogP contribution in [0.2, 0.25) is 0 Å². The van der Waals surface area contributed by atoms with Crippen LogP contribution in [-0.4, -0.2) is 65.2 Å². The molecule has 4 heterocycles. The van der Waals surface area contributed by atoms with Gasteiger partial charge in [-0.1, -0.05) is 37.3 Å². The second kappa shape index (κ2) is 11.1. The fourth-order valence-electron chi connectivity index (χ4n) is 7.70. The van der Waals surface area contributed by atoms with Gasteiger partial charge in [0.15, 0.2) is 0 Å². The highest BCUT2D eigenvalue weighted by Gasteiger charge is 2.61. The Bertz CT molecular complexity index is 1200. The number of halogens is 3. The molecule has 0 radical (unpaired) electrons. The van der Waals surface area contributed by atoms with E-state index in [9.17, 15) is 18.0 Å². The van der Waals surface area contributed by atoms with Gasteiger partial charge < -0.3 is 14.4 Å². The first kappa shape index (κ1) is 27.7. The van der Waals surface area contributed by atoms with Crippen LogP contribution in [0.25, 0.3) is 0 Å². The lowest BCUT2D eigenvalue weighted by molar-refractivity contribution is -0.138. The Morgan fingerprint density at radius 2 is 1.93 bits per heavy atom. The van der Waals surface area contributed by atoms with Crippen LogP contribution >= 0.6 is 0 Å². The molecule has 3 fully saturated rings. The first-order valence-corrected chi connectivity index (χ1v) is 14.6. The molecule has 0 bridgehead atoms. The molecule has 1 saturated carbocycles. The molecule has 1 aliphatic carbocycles. The number of carbonyl (C=O) groups is 1. The average molecular weight is 558 g/mol. The minimum absolute atomic E-state index is 0.0197. The van der Waals surface area contributed by atoms with Crippen LogP contribution in [0.3, 0.4) is 0 Å². The van der Waals surface area contributed by atoms with Gasteiger partial charge >= 0.3 is 6.18 Å². The van der Waals surface area contributed by atoms with Crippen LogP contribution in [0.5, 0.6) is 0 Å². The number of benzene rings is 1. The van der Waals surface area contributed by atoms with Crippen LogP contribution < -0.4 is 0 Å². The van der Waals surface area contributed by atoms with Crippen molar-refractivity contribution >= 4 is 5.91 Å². The van der Waals surface area contributed by atoms with Crippen LogP contribution in [0.4, 0.5) is 13.2 Å². The predicted molar refractivity (Wildman–Crippen MR) is 143 cm³/mol. The second-order valence-electron chi connectivity index (χ2n) is 12.0. The van der Waals surface area contributed by atoms with Gasteiger partial charge in [-0.15, -0.1) is 0 Å². The van der Waals surface area contributed by atoms with E-state index in [1.807, 2.05) is 23.1 Å². The molecule has 2 aromatic rings. The number of ether oxygens (including phenoxy) is 2. The first-order chi connectivity index (χ1) is 19.3. The van der Waals surface area contributed by atoms with Crippen LogP contribution in [0.1, 0.15) is 61.4 Å². The normalized spacial score (nSPS) is 28.9. The van der Waals surface area contributed by atoms with E-state index in [0.717, 1.165) is 63.6 Å². The van der Waals surface area contributed by atoms with Crippen LogP contribution in [0.15, 0.2) is 42.6 Å². The molecule has 3 unspecified atom stereocenters. The Morgan fingerprint density at radius 3 is 2.67 bits per heavy atom. The summed E-state index contributed by atoms with van der Waals surface area (Å²) in [5, 5.41) is 0. The highest BCUT2D eigenvalue weighted by Crippen LogP contribution is 2.55. The van der Waals surface area contributed by atoms with Crippen molar-refractivity contribution in [2.75, 3.05) is 26.4 Å². The highest BCUT2D eigenvalue weighted by atomic mass is 19.4. The van der Waals surface area contributed by atoms with Gasteiger partial charge in [-0.05, 0) is 55.2 Å². The number of hydrogen-bond donors (Lipinski definition) is 0. The summed E-state index contributed by atoms with van der Waals surface area (Å²) in [6.45, 7) is 5.89. The number of nitrogens with zero attached hydrogens (tertiary/aromatic N) is 3. The number of rotatable bonds is 7. The summed E-state index contributed by atoms with van der Waals surface area (Å²) in [6, 6.07) is 12.0. The minimum Gasteiger partial charge on any atom is -0.381 e. The van der Waals surface area contributed by atoms with Crippen molar-refractivity contribution in [1.82, 2.24) is 14.8 Å². The summed E-state index contributed by atoms with van der Waals surface area (Å²) < 4.78 is 51.7. The molecule has 1 aromatic carbocycles. The van der Waals surface area contributed by atoms with Crippen molar-refractivity contribution in [2.24, 2.45) is 11.3 Å². The molecule has 6 nitrogen and oxygen atoms in total. The zero-order valence-corrected chi connectivity index (χ0v) is 23.0. The summed E-state index contributed by atoms with van der Waals surface area (Å²) in [4.78, 5) is 22.7. The highest BCUT2D eigenvalue weighted by molar-refractivity contribution is 5.87. The molecule has 6 rings (SSSR count). The standard InChI is InChI=1S/C31H38F3N3O3/c1-21-28-16-27-23(15-24(18-35-27)31(32,33)34)19-37(28)29(38)30(21)10-7-26(17-30)36(25-8-12-39-13-9-25)11-14-40-20-22-5-3-2-4-6-22/h2-6,15,18,21,25-26,28H,7-14,16-17,19-20H2,1H3/t21?,26?,28?,30-/m0/s1. The zero-order valence-electron chi connectivity index (χ0n) is 23.0. The van der Waals surface area contributed by atoms with Crippen molar-refractivity contribution in [3.8, 4) is 0 Å². The molecule has 3 aliphatic heterocycles. The minimum atomic E-state index is -4.44. The third-order valence-corrected chi connectivity index (χ3v) is 9.92. The van der Waals surface area contributed by atoms with Crippen molar-refractivity contribution in [3.63, 3.8) is 0 Å². The summed E-state index contributed by atoms with van der Waals surface area (Å²) in [5.74, 6) is 0.232. The molecular formula is C31H38F3N3O3. The summed E-state index contributed by atoms with van der Waals surface area (Å²) in [7, 11) is 0. The maximum atomic E-state index is 14.0. The molecule has 4 atom stereocenters. The predicted octanol–water partition coefficient (Wildman–Crippen LogP) is 5.24. The van der Waals surface area contributed by atoms with E-state index in [0.29, 0.717) is 36.9 Å². The lowest BCUT2D eigenvalue weighted by Gasteiger charge is -2.39. The molecule has 2 saturated heterocycles. The summed E-state index contributed by atoms with van der Waals surface area (Å²) in [6.07, 6.45) is 1.49. The third kappa shape index (κ3) is 5.16. The maximum absolute atomic E-state index is 14.0. The average Bonchev–Trinajstić information content (AvgIpc) is 3.49. The molecule has 1 amide bonds. The first-order valence-electron chi connectivity index (χ1n) is 14.6. The fourth-order valence-corrected chi connectivity index (χ4v) is 7.70. The van der Waals surface area contributed by atoms with Gasteiger partial charge in [-0.3, -0.25) is 14.7 Å². The monoisotopic (exact) mass is 557 g/mol. The van der Waals surface area contributed by atoms with Crippen LogP contribution in [-0.2, 0) is 40.0 Å². The van der Waals surface area contributed by atoms with Crippen molar-refractivity contribution in [3.05, 3.63) is 65.0 Å². The van der Waals surface area contributed by atoms with Gasteiger partial charge in [0.05, 0.1) is 24.2 Å². The molecule has 216 valence electrons. The molecule has 0 N–H and O–H groups in total. The molecule has 40 heavy (non-hydrogen) atoms. The van der Waals surface area contributed by atoms with Gasteiger partial charge in [0.25, 0.3) is 0 Å². The molecule has 1 aromatic heterocycles.